The minimum absolute atomic E-state index is 0.0135. The summed E-state index contributed by atoms with van der Waals surface area (Å²) in [6.07, 6.45) is 0.404. The van der Waals surface area contributed by atoms with Crippen LogP contribution in [-0.2, 0) is 0 Å². The number of hydrogen-bond donors (Lipinski definition) is 0. The van der Waals surface area contributed by atoms with Gasteiger partial charge in [-0.25, -0.2) is 4.39 Å². The van der Waals surface area contributed by atoms with Crippen molar-refractivity contribution in [1.29, 1.82) is 0 Å². The predicted octanol–water partition coefficient (Wildman–Crippen LogP) is 4.84. The Kier molecular flexibility index (Phi) is 5.00. The quantitative estimate of drug-likeness (QED) is 0.579. The first-order valence-corrected chi connectivity index (χ1v) is 7.19. The number of halogens is 2. The van der Waals surface area contributed by atoms with Crippen molar-refractivity contribution in [2.24, 2.45) is 0 Å². The topological polar surface area (TPSA) is 17.1 Å². The zero-order valence-electron chi connectivity index (χ0n) is 10.1. The second-order valence-corrected chi connectivity index (χ2v) is 5.50. The third kappa shape index (κ3) is 4.08. The van der Waals surface area contributed by atoms with Crippen molar-refractivity contribution in [3.05, 3.63) is 64.9 Å². The number of benzene rings is 2. The van der Waals surface area contributed by atoms with Crippen LogP contribution in [0.1, 0.15) is 16.8 Å². The summed E-state index contributed by atoms with van der Waals surface area (Å²) < 4.78 is 12.7. The summed E-state index contributed by atoms with van der Waals surface area (Å²) in [6.45, 7) is 0. The average Bonchev–Trinajstić information content (AvgIpc) is 2.41. The third-order valence-electron chi connectivity index (χ3n) is 2.59. The number of hydrogen-bond acceptors (Lipinski definition) is 2. The van der Waals surface area contributed by atoms with Crippen molar-refractivity contribution in [3.63, 3.8) is 0 Å². The highest BCUT2D eigenvalue weighted by Crippen LogP contribution is 2.27. The Hall–Kier alpha value is -1.32. The van der Waals surface area contributed by atoms with Crippen LogP contribution in [0.3, 0.4) is 0 Å². The van der Waals surface area contributed by atoms with E-state index in [0.717, 1.165) is 4.90 Å². The maximum absolute atomic E-state index is 12.7. The molecule has 0 unspecified atom stereocenters. The van der Waals surface area contributed by atoms with Crippen molar-refractivity contribution < 1.29 is 9.18 Å². The van der Waals surface area contributed by atoms with Gasteiger partial charge in [0.05, 0.1) is 5.02 Å². The summed E-state index contributed by atoms with van der Waals surface area (Å²) in [5.74, 6) is 0.335. The van der Waals surface area contributed by atoms with Gasteiger partial charge >= 0.3 is 0 Å². The Morgan fingerprint density at radius 1 is 1.11 bits per heavy atom. The molecule has 0 spiro atoms. The van der Waals surface area contributed by atoms with Crippen LogP contribution in [0, 0.1) is 5.82 Å². The number of thioether (sulfide) groups is 1. The molecule has 0 radical (unpaired) electrons. The van der Waals surface area contributed by atoms with E-state index in [1.807, 2.05) is 24.3 Å². The van der Waals surface area contributed by atoms with Crippen LogP contribution in [0.4, 0.5) is 4.39 Å². The van der Waals surface area contributed by atoms with Crippen LogP contribution >= 0.6 is 23.4 Å². The Morgan fingerprint density at radius 3 is 2.47 bits per heavy atom. The van der Waals surface area contributed by atoms with E-state index < -0.39 is 0 Å². The molecule has 0 aliphatic rings. The van der Waals surface area contributed by atoms with Gasteiger partial charge in [-0.05, 0) is 36.4 Å². The molecule has 2 rings (SSSR count). The monoisotopic (exact) mass is 294 g/mol. The molecule has 19 heavy (non-hydrogen) atoms. The highest BCUT2D eigenvalue weighted by atomic mass is 35.5. The summed E-state index contributed by atoms with van der Waals surface area (Å²) in [5, 5.41) is 0.696. The van der Waals surface area contributed by atoms with E-state index >= 15 is 0 Å². The van der Waals surface area contributed by atoms with Gasteiger partial charge in [-0.15, -0.1) is 11.8 Å². The first kappa shape index (κ1) is 14.1. The van der Waals surface area contributed by atoms with Crippen molar-refractivity contribution in [2.45, 2.75) is 11.3 Å². The van der Waals surface area contributed by atoms with Gasteiger partial charge in [-0.3, -0.25) is 4.79 Å². The Labute approximate surface area is 120 Å². The lowest BCUT2D eigenvalue weighted by atomic mass is 10.1. The average molecular weight is 295 g/mol. The molecule has 0 aliphatic carbocycles. The van der Waals surface area contributed by atoms with Crippen LogP contribution in [0.25, 0.3) is 0 Å². The fourth-order valence-corrected chi connectivity index (χ4v) is 2.78. The van der Waals surface area contributed by atoms with E-state index in [9.17, 15) is 9.18 Å². The van der Waals surface area contributed by atoms with Crippen LogP contribution in [0.2, 0.25) is 5.02 Å². The predicted molar refractivity (Wildman–Crippen MR) is 77.5 cm³/mol. The molecular formula is C15H12ClFOS. The van der Waals surface area contributed by atoms with Crippen LogP contribution in [0.15, 0.2) is 53.4 Å². The fraction of sp³-hybridized carbons (Fsp3) is 0.133. The Bertz CT molecular complexity index is 569. The van der Waals surface area contributed by atoms with Gasteiger partial charge in [0.25, 0.3) is 0 Å². The van der Waals surface area contributed by atoms with Crippen LogP contribution in [-0.4, -0.2) is 11.5 Å². The lowest BCUT2D eigenvalue weighted by Crippen LogP contribution is -2.00. The highest BCUT2D eigenvalue weighted by Gasteiger charge is 2.07. The first-order valence-electron chi connectivity index (χ1n) is 5.83. The molecule has 0 atom stereocenters. The van der Waals surface area contributed by atoms with Gasteiger partial charge in [-0.2, -0.15) is 0 Å². The number of ketones is 1. The summed E-state index contributed by atoms with van der Waals surface area (Å²) in [6, 6.07) is 13.2. The Balaban J connectivity index is 1.88. The molecule has 4 heteroatoms. The Morgan fingerprint density at radius 2 is 1.79 bits per heavy atom. The second kappa shape index (κ2) is 6.73. The molecule has 0 amide bonds. The molecule has 0 bridgehead atoms. The van der Waals surface area contributed by atoms with Gasteiger partial charge in [0.2, 0.25) is 0 Å². The van der Waals surface area contributed by atoms with Gasteiger partial charge in [0, 0.05) is 22.6 Å². The van der Waals surface area contributed by atoms with Crippen molar-refractivity contribution in [1.82, 2.24) is 0 Å². The van der Waals surface area contributed by atoms with Gasteiger partial charge in [-0.1, -0.05) is 23.7 Å². The smallest absolute Gasteiger partial charge is 0.163 e. The second-order valence-electron chi connectivity index (χ2n) is 3.96. The molecule has 2 aromatic rings. The molecule has 2 aromatic carbocycles. The van der Waals surface area contributed by atoms with E-state index in [1.165, 1.54) is 24.3 Å². The van der Waals surface area contributed by atoms with Crippen molar-refractivity contribution >= 4 is 29.1 Å². The molecule has 0 heterocycles. The lowest BCUT2D eigenvalue weighted by molar-refractivity contribution is 0.0989. The lowest BCUT2D eigenvalue weighted by Gasteiger charge is -2.03. The molecule has 0 aromatic heterocycles. The van der Waals surface area contributed by atoms with Crippen LogP contribution in [0.5, 0.6) is 0 Å². The molecule has 1 nitrogen and oxygen atoms in total. The summed E-state index contributed by atoms with van der Waals surface area (Å²) in [5.41, 5.74) is 0.543. The molecule has 0 N–H and O–H groups in total. The maximum Gasteiger partial charge on any atom is 0.163 e. The molecule has 98 valence electrons. The molecule has 0 fully saturated rings. The van der Waals surface area contributed by atoms with Gasteiger partial charge in [0.15, 0.2) is 5.78 Å². The van der Waals surface area contributed by atoms with E-state index in [-0.39, 0.29) is 11.6 Å². The highest BCUT2D eigenvalue weighted by molar-refractivity contribution is 7.99. The standard InChI is InChI=1S/C15H12ClFOS/c16-13-3-1-2-4-15(13)19-10-9-14(18)11-5-7-12(17)8-6-11/h1-8H,9-10H2. The molecule has 0 saturated heterocycles. The summed E-state index contributed by atoms with van der Waals surface area (Å²) in [7, 11) is 0. The number of carbonyl (C=O) groups is 1. The molecular weight excluding hydrogens is 283 g/mol. The van der Waals surface area contributed by atoms with E-state index in [4.69, 9.17) is 11.6 Å². The third-order valence-corrected chi connectivity index (χ3v) is 4.11. The maximum atomic E-state index is 12.7. The minimum Gasteiger partial charge on any atom is -0.294 e. The van der Waals surface area contributed by atoms with Crippen molar-refractivity contribution in [2.75, 3.05) is 5.75 Å². The molecule has 0 saturated carbocycles. The summed E-state index contributed by atoms with van der Waals surface area (Å²) >= 11 is 7.57. The largest absolute Gasteiger partial charge is 0.294 e. The first-order chi connectivity index (χ1) is 9.16. The van der Waals surface area contributed by atoms with Crippen LogP contribution < -0.4 is 0 Å². The summed E-state index contributed by atoms with van der Waals surface area (Å²) in [4.78, 5) is 12.8. The van der Waals surface area contributed by atoms with Gasteiger partial charge < -0.3 is 0 Å². The number of rotatable bonds is 5. The fourth-order valence-electron chi connectivity index (χ4n) is 1.60. The SMILES string of the molecule is O=C(CCSc1ccccc1Cl)c1ccc(F)cc1. The minimum atomic E-state index is -0.331. The van der Waals surface area contributed by atoms with Gasteiger partial charge in [0.1, 0.15) is 5.82 Å². The number of Topliss-reactive ketones (excluding diaryl/α,β-unsaturated/α-hetero) is 1. The van der Waals surface area contributed by atoms with Crippen molar-refractivity contribution in [3.8, 4) is 0 Å². The zero-order valence-corrected chi connectivity index (χ0v) is 11.7. The van der Waals surface area contributed by atoms with E-state index in [2.05, 4.69) is 0 Å². The van der Waals surface area contributed by atoms with E-state index in [1.54, 1.807) is 11.8 Å². The van der Waals surface area contributed by atoms with E-state index in [0.29, 0.717) is 22.8 Å². The number of carbonyl (C=O) groups excluding carboxylic acids is 1. The molecule has 0 aliphatic heterocycles. The normalized spacial score (nSPS) is 10.4. The zero-order chi connectivity index (χ0) is 13.7.